The van der Waals surface area contributed by atoms with Gasteiger partial charge >= 0.3 is 0 Å². The first kappa shape index (κ1) is 9.81. The molecule has 1 unspecified atom stereocenters. The second-order valence-corrected chi connectivity index (χ2v) is 4.01. The molecule has 1 heterocycles. The van der Waals surface area contributed by atoms with Crippen molar-refractivity contribution in [1.29, 1.82) is 0 Å². The second-order valence-electron chi connectivity index (χ2n) is 3.60. The smallest absolute Gasteiger partial charge is 0.137 e. The Morgan fingerprint density at radius 2 is 2.29 bits per heavy atom. The molecule has 2 nitrogen and oxygen atoms in total. The summed E-state index contributed by atoms with van der Waals surface area (Å²) in [7, 11) is 0. The van der Waals surface area contributed by atoms with E-state index < -0.39 is 0 Å². The van der Waals surface area contributed by atoms with Crippen molar-refractivity contribution in [2.75, 3.05) is 19.7 Å². The number of hydrogen-bond acceptors (Lipinski definition) is 2. The highest BCUT2D eigenvalue weighted by molar-refractivity contribution is 6.32. The number of para-hydroxylation sites is 1. The zero-order valence-corrected chi connectivity index (χ0v) is 8.76. The van der Waals surface area contributed by atoms with Crippen molar-refractivity contribution in [2.45, 2.75) is 6.42 Å². The predicted octanol–water partition coefficient (Wildman–Crippen LogP) is 2.33. The quantitative estimate of drug-likeness (QED) is 0.829. The zero-order valence-electron chi connectivity index (χ0n) is 8.00. The fraction of sp³-hybridized carbons (Fsp3) is 0.455. The Morgan fingerprint density at radius 3 is 3.00 bits per heavy atom. The van der Waals surface area contributed by atoms with Gasteiger partial charge in [-0.1, -0.05) is 23.7 Å². The Kier molecular flexibility index (Phi) is 3.27. The van der Waals surface area contributed by atoms with Gasteiger partial charge in [0.25, 0.3) is 0 Å². The van der Waals surface area contributed by atoms with Gasteiger partial charge in [0.1, 0.15) is 5.75 Å². The van der Waals surface area contributed by atoms with E-state index in [1.54, 1.807) is 0 Å². The molecule has 2 rings (SSSR count). The number of ether oxygens (including phenoxy) is 1. The minimum absolute atomic E-state index is 0.631. The van der Waals surface area contributed by atoms with Crippen LogP contribution in [0.2, 0.25) is 5.02 Å². The highest BCUT2D eigenvalue weighted by atomic mass is 35.5. The summed E-state index contributed by atoms with van der Waals surface area (Å²) >= 11 is 5.97. The van der Waals surface area contributed by atoms with Crippen LogP contribution < -0.4 is 10.1 Å². The summed E-state index contributed by atoms with van der Waals surface area (Å²) in [5.41, 5.74) is 0. The maximum Gasteiger partial charge on any atom is 0.137 e. The van der Waals surface area contributed by atoms with E-state index in [4.69, 9.17) is 16.3 Å². The fourth-order valence-electron chi connectivity index (χ4n) is 1.63. The number of nitrogens with one attached hydrogen (secondary N) is 1. The third kappa shape index (κ3) is 2.40. The highest BCUT2D eigenvalue weighted by Crippen LogP contribution is 2.24. The van der Waals surface area contributed by atoms with E-state index in [2.05, 4.69) is 5.32 Å². The van der Waals surface area contributed by atoms with Gasteiger partial charge in [-0.2, -0.15) is 0 Å². The lowest BCUT2D eigenvalue weighted by atomic mass is 10.1. The average molecular weight is 212 g/mol. The summed E-state index contributed by atoms with van der Waals surface area (Å²) in [5.74, 6) is 1.42. The molecule has 0 bridgehead atoms. The summed E-state index contributed by atoms with van der Waals surface area (Å²) < 4.78 is 5.65. The number of halogens is 1. The fourth-order valence-corrected chi connectivity index (χ4v) is 1.82. The summed E-state index contributed by atoms with van der Waals surface area (Å²) in [6.07, 6.45) is 1.20. The van der Waals surface area contributed by atoms with Crippen LogP contribution >= 0.6 is 11.6 Å². The van der Waals surface area contributed by atoms with Gasteiger partial charge in [-0.05, 0) is 25.1 Å². The Morgan fingerprint density at radius 1 is 1.43 bits per heavy atom. The maximum absolute atomic E-state index is 5.97. The second kappa shape index (κ2) is 4.67. The first-order chi connectivity index (χ1) is 6.86. The first-order valence-corrected chi connectivity index (χ1v) is 5.32. The number of benzene rings is 1. The molecule has 0 saturated carbocycles. The van der Waals surface area contributed by atoms with E-state index in [1.807, 2.05) is 24.3 Å². The third-order valence-electron chi connectivity index (χ3n) is 2.47. The summed E-state index contributed by atoms with van der Waals surface area (Å²) in [6.45, 7) is 2.93. The van der Waals surface area contributed by atoms with Crippen LogP contribution in [0.15, 0.2) is 24.3 Å². The van der Waals surface area contributed by atoms with Gasteiger partial charge < -0.3 is 10.1 Å². The minimum Gasteiger partial charge on any atom is -0.492 e. The normalized spacial score (nSPS) is 21.1. The van der Waals surface area contributed by atoms with Gasteiger partial charge in [0, 0.05) is 12.5 Å². The lowest BCUT2D eigenvalue weighted by molar-refractivity contribution is 0.260. The Balaban J connectivity index is 1.88. The summed E-state index contributed by atoms with van der Waals surface area (Å²) in [4.78, 5) is 0. The molecule has 0 amide bonds. The van der Waals surface area contributed by atoms with Gasteiger partial charge in [-0.25, -0.2) is 0 Å². The third-order valence-corrected chi connectivity index (χ3v) is 2.79. The summed E-state index contributed by atoms with van der Waals surface area (Å²) in [5, 5.41) is 4.00. The van der Waals surface area contributed by atoms with Crippen LogP contribution in [-0.4, -0.2) is 19.7 Å². The minimum atomic E-state index is 0.631. The van der Waals surface area contributed by atoms with Crippen LogP contribution in [0.4, 0.5) is 0 Å². The summed E-state index contributed by atoms with van der Waals surface area (Å²) in [6, 6.07) is 7.61. The number of hydrogen-bond donors (Lipinski definition) is 1. The van der Waals surface area contributed by atoms with Crippen LogP contribution in [0.25, 0.3) is 0 Å². The van der Waals surface area contributed by atoms with Crippen molar-refractivity contribution in [3.8, 4) is 5.75 Å². The molecule has 14 heavy (non-hydrogen) atoms. The van der Waals surface area contributed by atoms with Crippen molar-refractivity contribution in [3.05, 3.63) is 29.3 Å². The van der Waals surface area contributed by atoms with Crippen LogP contribution in [0.5, 0.6) is 5.75 Å². The van der Waals surface area contributed by atoms with E-state index in [0.29, 0.717) is 10.9 Å². The monoisotopic (exact) mass is 211 g/mol. The first-order valence-electron chi connectivity index (χ1n) is 4.94. The van der Waals surface area contributed by atoms with Gasteiger partial charge in [0.05, 0.1) is 11.6 Å². The molecule has 1 saturated heterocycles. The van der Waals surface area contributed by atoms with E-state index >= 15 is 0 Å². The largest absolute Gasteiger partial charge is 0.492 e. The topological polar surface area (TPSA) is 21.3 Å². The molecule has 0 spiro atoms. The molecule has 0 radical (unpaired) electrons. The molecule has 76 valence electrons. The van der Waals surface area contributed by atoms with Gasteiger partial charge in [-0.15, -0.1) is 0 Å². The molecular formula is C11H14ClNO. The van der Waals surface area contributed by atoms with Crippen molar-refractivity contribution >= 4 is 11.6 Å². The van der Waals surface area contributed by atoms with E-state index in [1.165, 1.54) is 6.42 Å². The van der Waals surface area contributed by atoms with Gasteiger partial charge in [0.15, 0.2) is 0 Å². The Labute approximate surface area is 89.2 Å². The lowest BCUT2D eigenvalue weighted by Crippen LogP contribution is -2.15. The number of rotatable bonds is 3. The van der Waals surface area contributed by atoms with E-state index in [9.17, 15) is 0 Å². The highest BCUT2D eigenvalue weighted by Gasteiger charge is 2.15. The van der Waals surface area contributed by atoms with Gasteiger partial charge in [0.2, 0.25) is 0 Å². The molecule has 1 aliphatic rings. The van der Waals surface area contributed by atoms with Crippen LogP contribution in [0.1, 0.15) is 6.42 Å². The molecule has 0 aliphatic carbocycles. The van der Waals surface area contributed by atoms with Crippen LogP contribution in [0.3, 0.4) is 0 Å². The maximum atomic E-state index is 5.97. The Bertz CT molecular complexity index is 297. The predicted molar refractivity (Wildman–Crippen MR) is 57.9 cm³/mol. The molecular weight excluding hydrogens is 198 g/mol. The van der Waals surface area contributed by atoms with Gasteiger partial charge in [-0.3, -0.25) is 0 Å². The molecule has 1 aliphatic heterocycles. The van der Waals surface area contributed by atoms with Crippen LogP contribution in [0, 0.1) is 5.92 Å². The van der Waals surface area contributed by atoms with Crippen molar-refractivity contribution in [1.82, 2.24) is 5.32 Å². The van der Waals surface area contributed by atoms with Crippen LogP contribution in [-0.2, 0) is 0 Å². The molecule has 1 atom stereocenters. The SMILES string of the molecule is Clc1ccccc1OCC1CCNC1. The van der Waals surface area contributed by atoms with Crippen molar-refractivity contribution in [3.63, 3.8) is 0 Å². The molecule has 1 aromatic carbocycles. The zero-order chi connectivity index (χ0) is 9.80. The lowest BCUT2D eigenvalue weighted by Gasteiger charge is -2.11. The molecule has 1 fully saturated rings. The molecule has 1 aromatic rings. The Hall–Kier alpha value is -0.730. The van der Waals surface area contributed by atoms with E-state index in [0.717, 1.165) is 25.4 Å². The van der Waals surface area contributed by atoms with Crippen molar-refractivity contribution < 1.29 is 4.74 Å². The molecule has 0 aromatic heterocycles. The average Bonchev–Trinajstić information content (AvgIpc) is 2.69. The van der Waals surface area contributed by atoms with E-state index in [-0.39, 0.29) is 0 Å². The van der Waals surface area contributed by atoms with Crippen molar-refractivity contribution in [2.24, 2.45) is 5.92 Å². The molecule has 3 heteroatoms. The standard InChI is InChI=1S/C11H14ClNO/c12-10-3-1-2-4-11(10)14-8-9-5-6-13-7-9/h1-4,9,13H,5-8H2. The molecule has 1 N–H and O–H groups in total.